The number of aromatic nitrogens is 5. The molecule has 26 heavy (non-hydrogen) atoms. The van der Waals surface area contributed by atoms with Crippen LogP contribution in [0.4, 0.5) is 0 Å². The van der Waals surface area contributed by atoms with Crippen molar-refractivity contribution in [2.75, 3.05) is 21.3 Å². The van der Waals surface area contributed by atoms with E-state index in [-0.39, 0.29) is 0 Å². The fourth-order valence-corrected chi connectivity index (χ4v) is 2.58. The Balaban J connectivity index is 2.01. The highest BCUT2D eigenvalue weighted by atomic mass is 32.1. The van der Waals surface area contributed by atoms with Crippen LogP contribution in [0.5, 0.6) is 17.2 Å². The third-order valence-electron chi connectivity index (χ3n) is 3.59. The van der Waals surface area contributed by atoms with Gasteiger partial charge in [-0.15, -0.1) is 0 Å². The number of nitrogens with one attached hydrogen (secondary N) is 2. The van der Waals surface area contributed by atoms with Crippen molar-refractivity contribution in [2.24, 2.45) is 5.10 Å². The molecule has 2 N–H and O–H groups in total. The van der Waals surface area contributed by atoms with Crippen LogP contribution >= 0.6 is 12.2 Å². The first-order valence-corrected chi connectivity index (χ1v) is 8.02. The van der Waals surface area contributed by atoms with E-state index >= 15 is 0 Å². The van der Waals surface area contributed by atoms with Gasteiger partial charge < -0.3 is 14.2 Å². The van der Waals surface area contributed by atoms with Gasteiger partial charge in [-0.1, -0.05) is 0 Å². The average Bonchev–Trinajstić information content (AvgIpc) is 3.24. The van der Waals surface area contributed by atoms with E-state index in [0.29, 0.717) is 33.5 Å². The van der Waals surface area contributed by atoms with Crippen LogP contribution in [-0.4, -0.2) is 52.6 Å². The molecule has 0 bridgehead atoms. The number of hydrogen-bond acceptors (Lipinski definition) is 7. The lowest BCUT2D eigenvalue weighted by atomic mass is 10.2. The van der Waals surface area contributed by atoms with Gasteiger partial charge in [0.1, 0.15) is 5.69 Å². The van der Waals surface area contributed by atoms with Gasteiger partial charge in [0, 0.05) is 11.3 Å². The van der Waals surface area contributed by atoms with Crippen molar-refractivity contribution in [1.29, 1.82) is 0 Å². The van der Waals surface area contributed by atoms with Crippen LogP contribution < -0.4 is 14.2 Å². The lowest BCUT2D eigenvalue weighted by Crippen LogP contribution is -1.98. The van der Waals surface area contributed by atoms with Crippen LogP contribution in [0, 0.1) is 11.7 Å². The summed E-state index contributed by atoms with van der Waals surface area (Å²) in [7, 11) is 4.67. The molecule has 0 saturated heterocycles. The molecule has 0 aliphatic rings. The minimum Gasteiger partial charge on any atom is -0.493 e. The Hall–Kier alpha value is -3.14. The molecule has 0 aliphatic heterocycles. The van der Waals surface area contributed by atoms with Crippen molar-refractivity contribution in [1.82, 2.24) is 25.1 Å². The fourth-order valence-electron chi connectivity index (χ4n) is 2.40. The van der Waals surface area contributed by atoms with E-state index in [1.54, 1.807) is 39.7 Å². The highest BCUT2D eigenvalue weighted by Gasteiger charge is 2.14. The number of aryl methyl sites for hydroxylation is 1. The van der Waals surface area contributed by atoms with Crippen LogP contribution in [0.1, 0.15) is 11.3 Å². The SMILES string of the molecule is COc1cc(C=Nn2c(-c3cc(C)[nH]n3)n[nH]c2=S)cc(OC)c1OC. The quantitative estimate of drug-likeness (QED) is 0.508. The number of methoxy groups -OCH3 is 3. The van der Waals surface area contributed by atoms with Gasteiger partial charge in [0.15, 0.2) is 11.5 Å². The van der Waals surface area contributed by atoms with Gasteiger partial charge in [0.05, 0.1) is 27.5 Å². The molecule has 2 heterocycles. The van der Waals surface area contributed by atoms with E-state index in [2.05, 4.69) is 25.5 Å². The predicted molar refractivity (Wildman–Crippen MR) is 98.8 cm³/mol. The summed E-state index contributed by atoms with van der Waals surface area (Å²) < 4.78 is 17.9. The van der Waals surface area contributed by atoms with Crippen molar-refractivity contribution < 1.29 is 14.2 Å². The summed E-state index contributed by atoms with van der Waals surface area (Å²) in [5.41, 5.74) is 2.29. The number of ether oxygens (including phenoxy) is 3. The Morgan fingerprint density at radius 3 is 2.27 bits per heavy atom. The summed E-state index contributed by atoms with van der Waals surface area (Å²) in [6, 6.07) is 5.43. The molecule has 10 heteroatoms. The second kappa shape index (κ2) is 7.40. The maximum atomic E-state index is 5.35. The largest absolute Gasteiger partial charge is 0.493 e. The number of H-pyrrole nitrogens is 2. The Bertz CT molecular complexity index is 979. The molecule has 0 fully saturated rings. The Morgan fingerprint density at radius 1 is 1.04 bits per heavy atom. The lowest BCUT2D eigenvalue weighted by Gasteiger charge is -2.12. The molecular formula is C16H18N6O3S. The molecule has 0 spiro atoms. The monoisotopic (exact) mass is 374 g/mol. The zero-order valence-corrected chi connectivity index (χ0v) is 15.5. The van der Waals surface area contributed by atoms with Crippen LogP contribution in [0.2, 0.25) is 0 Å². The van der Waals surface area contributed by atoms with Crippen LogP contribution in [0.15, 0.2) is 23.3 Å². The molecule has 0 unspecified atom stereocenters. The van der Waals surface area contributed by atoms with Crippen molar-refractivity contribution in [3.63, 3.8) is 0 Å². The standard InChI is InChI=1S/C16H18N6O3S/c1-9-5-11(19-18-9)15-20-21-16(26)22(15)17-8-10-6-12(23-2)14(25-4)13(7-10)24-3/h5-8H,1-4H3,(H,18,19)(H,21,26). The van der Waals surface area contributed by atoms with E-state index in [1.165, 1.54) is 4.68 Å². The molecule has 0 atom stereocenters. The Kier molecular flexibility index (Phi) is 5.03. The zero-order valence-electron chi connectivity index (χ0n) is 14.7. The first kappa shape index (κ1) is 17.7. The van der Waals surface area contributed by atoms with Gasteiger partial charge in [0.25, 0.3) is 0 Å². The van der Waals surface area contributed by atoms with E-state index in [1.807, 2.05) is 13.0 Å². The second-order valence-corrected chi connectivity index (χ2v) is 5.69. The van der Waals surface area contributed by atoms with Gasteiger partial charge in [-0.3, -0.25) is 5.10 Å². The number of aromatic amines is 2. The first-order chi connectivity index (χ1) is 12.6. The summed E-state index contributed by atoms with van der Waals surface area (Å²) in [6.45, 7) is 1.90. The molecule has 0 aliphatic carbocycles. The number of benzene rings is 1. The number of rotatable bonds is 6. The van der Waals surface area contributed by atoms with Crippen molar-refractivity contribution >= 4 is 18.4 Å². The molecule has 136 valence electrons. The molecule has 0 saturated carbocycles. The number of hydrogen-bond donors (Lipinski definition) is 2. The zero-order chi connectivity index (χ0) is 18.7. The summed E-state index contributed by atoms with van der Waals surface area (Å²) in [4.78, 5) is 0. The molecule has 1 aromatic carbocycles. The van der Waals surface area contributed by atoms with Crippen molar-refractivity contribution in [2.45, 2.75) is 6.92 Å². The second-order valence-electron chi connectivity index (χ2n) is 5.30. The van der Waals surface area contributed by atoms with E-state index < -0.39 is 0 Å². The van der Waals surface area contributed by atoms with Crippen molar-refractivity contribution in [3.05, 3.63) is 34.2 Å². The summed E-state index contributed by atoms with van der Waals surface area (Å²) in [5, 5.41) is 18.4. The summed E-state index contributed by atoms with van der Waals surface area (Å²) >= 11 is 5.26. The Morgan fingerprint density at radius 2 is 1.73 bits per heavy atom. The molecular weight excluding hydrogens is 356 g/mol. The minimum atomic E-state index is 0.351. The van der Waals surface area contributed by atoms with Crippen LogP contribution in [0.25, 0.3) is 11.5 Å². The summed E-state index contributed by atoms with van der Waals surface area (Å²) in [5.74, 6) is 2.09. The third kappa shape index (κ3) is 3.31. The molecule has 3 rings (SSSR count). The van der Waals surface area contributed by atoms with Crippen molar-refractivity contribution in [3.8, 4) is 28.8 Å². The molecule has 3 aromatic rings. The Labute approximate surface area is 154 Å². The smallest absolute Gasteiger partial charge is 0.216 e. The molecule has 9 nitrogen and oxygen atoms in total. The summed E-state index contributed by atoms with van der Waals surface area (Å²) in [6.07, 6.45) is 1.62. The normalized spacial score (nSPS) is 11.1. The third-order valence-corrected chi connectivity index (χ3v) is 3.86. The van der Waals surface area contributed by atoms with Crippen LogP contribution in [0.3, 0.4) is 0 Å². The van der Waals surface area contributed by atoms with E-state index in [9.17, 15) is 0 Å². The lowest BCUT2D eigenvalue weighted by molar-refractivity contribution is 0.324. The van der Waals surface area contributed by atoms with Gasteiger partial charge in [-0.05, 0) is 37.3 Å². The molecule has 0 radical (unpaired) electrons. The molecule has 2 aromatic heterocycles. The minimum absolute atomic E-state index is 0.351. The highest BCUT2D eigenvalue weighted by molar-refractivity contribution is 7.71. The van der Waals surface area contributed by atoms with Gasteiger partial charge in [-0.25, -0.2) is 5.10 Å². The first-order valence-electron chi connectivity index (χ1n) is 7.61. The maximum Gasteiger partial charge on any atom is 0.216 e. The number of nitrogens with zero attached hydrogens (tertiary/aromatic N) is 4. The average molecular weight is 374 g/mol. The maximum absolute atomic E-state index is 5.35. The fraction of sp³-hybridized carbons (Fsp3) is 0.250. The highest BCUT2D eigenvalue weighted by Crippen LogP contribution is 2.37. The van der Waals surface area contributed by atoms with Crippen LogP contribution in [-0.2, 0) is 0 Å². The molecule has 0 amide bonds. The van der Waals surface area contributed by atoms with E-state index in [0.717, 1.165) is 11.3 Å². The van der Waals surface area contributed by atoms with E-state index in [4.69, 9.17) is 26.4 Å². The van der Waals surface area contributed by atoms with Gasteiger partial charge in [0.2, 0.25) is 16.3 Å². The van der Waals surface area contributed by atoms with Gasteiger partial charge >= 0.3 is 0 Å². The topological polar surface area (TPSA) is 102 Å². The predicted octanol–water partition coefficient (Wildman–Crippen LogP) is 2.55. The van der Waals surface area contributed by atoms with Gasteiger partial charge in [-0.2, -0.15) is 20.0 Å².